The molecule has 0 bridgehead atoms. The number of esters is 1. The van der Waals surface area contributed by atoms with Crippen LogP contribution in [0.2, 0.25) is 0 Å². The second kappa shape index (κ2) is 8.14. The molecule has 0 fully saturated rings. The van der Waals surface area contributed by atoms with Gasteiger partial charge in [-0.05, 0) is 29.8 Å². The van der Waals surface area contributed by atoms with Gasteiger partial charge in [-0.3, -0.25) is 4.79 Å². The quantitative estimate of drug-likeness (QED) is 0.479. The van der Waals surface area contributed by atoms with Crippen molar-refractivity contribution in [2.45, 2.75) is 12.3 Å². The van der Waals surface area contributed by atoms with Gasteiger partial charge in [-0.15, -0.1) is 0 Å². The topological polar surface area (TPSA) is 115 Å². The van der Waals surface area contributed by atoms with Gasteiger partial charge in [0.1, 0.15) is 11.3 Å². The van der Waals surface area contributed by atoms with E-state index in [0.29, 0.717) is 10.9 Å². The lowest BCUT2D eigenvalue weighted by Gasteiger charge is -2.20. The molecule has 0 saturated carbocycles. The number of phenolic OH excluding ortho intramolecular Hbond substituents is 1. The molecule has 3 rings (SSSR count). The standard InChI is InChI=1S/C21H20O8/c1-26-15-8-11(9-16(27-2)20(15)24)13(10-17(22)28-3)18-19(23)12-6-4-5-7-14(12)29-21(18)25/h4-9,13,23-24H,10H2,1-3H3. The maximum Gasteiger partial charge on any atom is 0.343 e. The fraction of sp³-hybridized carbons (Fsp3) is 0.238. The summed E-state index contributed by atoms with van der Waals surface area (Å²) in [4.78, 5) is 24.8. The molecule has 0 aliphatic rings. The van der Waals surface area contributed by atoms with Crippen LogP contribution in [-0.2, 0) is 9.53 Å². The molecule has 2 aromatic carbocycles. The Morgan fingerprint density at radius 2 is 1.66 bits per heavy atom. The lowest BCUT2D eigenvalue weighted by atomic mass is 9.87. The van der Waals surface area contributed by atoms with Gasteiger partial charge in [0.15, 0.2) is 11.5 Å². The van der Waals surface area contributed by atoms with E-state index in [0.717, 1.165) is 0 Å². The number of aromatic hydroxyl groups is 2. The highest BCUT2D eigenvalue weighted by molar-refractivity contribution is 5.85. The number of fused-ring (bicyclic) bond motifs is 1. The molecular formula is C21H20O8. The van der Waals surface area contributed by atoms with Crippen molar-refractivity contribution in [3.63, 3.8) is 0 Å². The summed E-state index contributed by atoms with van der Waals surface area (Å²) in [5.74, 6) is -1.90. The van der Waals surface area contributed by atoms with Crippen LogP contribution in [0.5, 0.6) is 23.0 Å². The molecule has 0 radical (unpaired) electrons. The van der Waals surface area contributed by atoms with Crippen molar-refractivity contribution in [3.05, 3.63) is 57.9 Å². The Kier molecular flexibility index (Phi) is 5.63. The van der Waals surface area contributed by atoms with E-state index < -0.39 is 17.5 Å². The summed E-state index contributed by atoms with van der Waals surface area (Å²) in [6.07, 6.45) is -0.260. The average Bonchev–Trinajstić information content (AvgIpc) is 2.73. The summed E-state index contributed by atoms with van der Waals surface area (Å²) in [5.41, 5.74) is -0.291. The zero-order chi connectivity index (χ0) is 21.1. The highest BCUT2D eigenvalue weighted by Gasteiger charge is 2.29. The molecule has 0 aliphatic heterocycles. The maximum absolute atomic E-state index is 12.7. The smallest absolute Gasteiger partial charge is 0.343 e. The van der Waals surface area contributed by atoms with Gasteiger partial charge in [0.05, 0.1) is 38.7 Å². The minimum Gasteiger partial charge on any atom is -0.507 e. The molecule has 29 heavy (non-hydrogen) atoms. The van der Waals surface area contributed by atoms with E-state index >= 15 is 0 Å². The van der Waals surface area contributed by atoms with Crippen LogP contribution < -0.4 is 15.1 Å². The summed E-state index contributed by atoms with van der Waals surface area (Å²) in [6, 6.07) is 9.44. The molecule has 8 nitrogen and oxygen atoms in total. The zero-order valence-corrected chi connectivity index (χ0v) is 16.1. The average molecular weight is 400 g/mol. The van der Waals surface area contributed by atoms with Gasteiger partial charge >= 0.3 is 11.6 Å². The van der Waals surface area contributed by atoms with E-state index in [1.54, 1.807) is 24.3 Å². The molecule has 1 unspecified atom stereocenters. The number of phenols is 1. The number of carbonyl (C=O) groups excluding carboxylic acids is 1. The van der Waals surface area contributed by atoms with E-state index in [2.05, 4.69) is 0 Å². The van der Waals surface area contributed by atoms with Crippen LogP contribution in [0, 0.1) is 0 Å². The third-order valence-corrected chi connectivity index (χ3v) is 4.67. The Morgan fingerprint density at radius 1 is 1.03 bits per heavy atom. The van der Waals surface area contributed by atoms with Crippen LogP contribution in [0.15, 0.2) is 45.6 Å². The van der Waals surface area contributed by atoms with Crippen molar-refractivity contribution >= 4 is 16.9 Å². The fourth-order valence-corrected chi connectivity index (χ4v) is 3.21. The first-order chi connectivity index (χ1) is 13.9. The third kappa shape index (κ3) is 3.69. The van der Waals surface area contributed by atoms with Gasteiger partial charge in [-0.2, -0.15) is 0 Å². The minimum atomic E-state index is -0.938. The molecule has 152 valence electrons. The maximum atomic E-state index is 12.7. The third-order valence-electron chi connectivity index (χ3n) is 4.67. The number of hydrogen-bond acceptors (Lipinski definition) is 8. The lowest BCUT2D eigenvalue weighted by Crippen LogP contribution is -2.18. The Labute approximate surface area is 165 Å². The highest BCUT2D eigenvalue weighted by Crippen LogP contribution is 2.43. The highest BCUT2D eigenvalue weighted by atomic mass is 16.5. The monoisotopic (exact) mass is 400 g/mol. The van der Waals surface area contributed by atoms with Crippen molar-refractivity contribution in [3.8, 4) is 23.0 Å². The summed E-state index contributed by atoms with van der Waals surface area (Å²) in [5, 5.41) is 21.3. The van der Waals surface area contributed by atoms with Gasteiger partial charge < -0.3 is 28.8 Å². The summed E-state index contributed by atoms with van der Waals surface area (Å²) < 4.78 is 20.4. The number of para-hydroxylation sites is 1. The minimum absolute atomic E-state index is 0.0823. The van der Waals surface area contributed by atoms with Crippen LogP contribution in [0.3, 0.4) is 0 Å². The number of hydrogen-bond donors (Lipinski definition) is 2. The molecule has 0 saturated heterocycles. The van der Waals surface area contributed by atoms with Crippen molar-refractivity contribution < 1.29 is 33.6 Å². The number of carbonyl (C=O) groups is 1. The first-order valence-corrected chi connectivity index (χ1v) is 8.67. The van der Waals surface area contributed by atoms with Crippen LogP contribution in [0.1, 0.15) is 23.5 Å². The van der Waals surface area contributed by atoms with Crippen LogP contribution in [0.25, 0.3) is 11.0 Å². The first kappa shape index (κ1) is 20.1. The molecule has 0 spiro atoms. The molecule has 8 heteroatoms. The molecule has 1 heterocycles. The van der Waals surface area contributed by atoms with E-state index in [-0.39, 0.29) is 40.6 Å². The summed E-state index contributed by atoms with van der Waals surface area (Å²) >= 11 is 0. The van der Waals surface area contributed by atoms with Gasteiger partial charge in [-0.25, -0.2) is 4.79 Å². The SMILES string of the molecule is COC(=O)CC(c1cc(OC)c(O)c(OC)c1)c1c(O)c2ccccc2oc1=O. The molecule has 3 aromatic rings. The van der Waals surface area contributed by atoms with Gasteiger partial charge in [-0.1, -0.05) is 12.1 Å². The number of rotatable bonds is 6. The van der Waals surface area contributed by atoms with Crippen molar-refractivity contribution in [2.75, 3.05) is 21.3 Å². The van der Waals surface area contributed by atoms with Gasteiger partial charge in [0.2, 0.25) is 5.75 Å². The molecule has 1 atom stereocenters. The summed E-state index contributed by atoms with van der Waals surface area (Å²) in [7, 11) is 3.94. The molecule has 1 aromatic heterocycles. The normalized spacial score (nSPS) is 11.8. The summed E-state index contributed by atoms with van der Waals surface area (Å²) in [6.45, 7) is 0. The fourth-order valence-electron chi connectivity index (χ4n) is 3.21. The van der Waals surface area contributed by atoms with Crippen LogP contribution in [0.4, 0.5) is 0 Å². The molecule has 2 N–H and O–H groups in total. The predicted octanol–water partition coefficient (Wildman–Crippen LogP) is 2.92. The van der Waals surface area contributed by atoms with Gasteiger partial charge in [0.25, 0.3) is 0 Å². The van der Waals surface area contributed by atoms with Crippen LogP contribution in [-0.4, -0.2) is 37.5 Å². The second-order valence-electron chi connectivity index (χ2n) is 6.25. The van der Waals surface area contributed by atoms with Crippen molar-refractivity contribution in [2.24, 2.45) is 0 Å². The number of benzene rings is 2. The van der Waals surface area contributed by atoms with Crippen LogP contribution >= 0.6 is 0 Å². The van der Waals surface area contributed by atoms with Gasteiger partial charge in [0, 0.05) is 5.92 Å². The van der Waals surface area contributed by atoms with Crippen molar-refractivity contribution in [1.29, 1.82) is 0 Å². The molecule has 0 amide bonds. The lowest BCUT2D eigenvalue weighted by molar-refractivity contribution is -0.140. The molecule has 0 aliphatic carbocycles. The van der Waals surface area contributed by atoms with E-state index in [1.165, 1.54) is 33.5 Å². The van der Waals surface area contributed by atoms with Crippen molar-refractivity contribution in [1.82, 2.24) is 0 Å². The Morgan fingerprint density at radius 3 is 2.24 bits per heavy atom. The Hall–Kier alpha value is -3.68. The first-order valence-electron chi connectivity index (χ1n) is 8.67. The Bertz CT molecular complexity index is 1090. The largest absolute Gasteiger partial charge is 0.507 e. The van der Waals surface area contributed by atoms with E-state index in [9.17, 15) is 19.8 Å². The van der Waals surface area contributed by atoms with E-state index in [1.807, 2.05) is 0 Å². The number of ether oxygens (including phenoxy) is 3. The molecular weight excluding hydrogens is 380 g/mol. The van der Waals surface area contributed by atoms with E-state index in [4.69, 9.17) is 18.6 Å². The Balaban J connectivity index is 2.29. The predicted molar refractivity (Wildman–Crippen MR) is 104 cm³/mol. The second-order valence-corrected chi connectivity index (χ2v) is 6.25. The zero-order valence-electron chi connectivity index (χ0n) is 16.1. The number of methoxy groups -OCH3 is 3.